The van der Waals surface area contributed by atoms with Crippen LogP contribution in [-0.4, -0.2) is 53.3 Å². The molecular formula is C15H24N2O4. The molecule has 1 aliphatic heterocycles. The maximum absolute atomic E-state index is 12.5. The van der Waals surface area contributed by atoms with Gasteiger partial charge in [0.05, 0.1) is 24.7 Å². The van der Waals surface area contributed by atoms with E-state index in [4.69, 9.17) is 4.74 Å². The number of nitrogens with zero attached hydrogens (tertiary/aromatic N) is 1. The van der Waals surface area contributed by atoms with Crippen LogP contribution >= 0.6 is 0 Å². The lowest BCUT2D eigenvalue weighted by molar-refractivity contribution is -0.144. The molecule has 3 fully saturated rings. The standard InChI is InChI=1S/C15H24N2O4/c1-8-7-21-9(2)6-17(8)15(20)16-13-11-4-3-10(5-11)12(13)14(18)19/h8-13H,3-7H2,1-2H3,(H,16,20)(H,18,19). The van der Waals surface area contributed by atoms with Gasteiger partial charge in [-0.05, 0) is 44.9 Å². The Balaban J connectivity index is 1.67. The summed E-state index contributed by atoms with van der Waals surface area (Å²) in [6.45, 7) is 5.00. The van der Waals surface area contributed by atoms with E-state index in [2.05, 4.69) is 5.32 Å². The molecule has 3 rings (SSSR count). The number of carbonyl (C=O) groups excluding carboxylic acids is 1. The van der Waals surface area contributed by atoms with Crippen molar-refractivity contribution in [3.05, 3.63) is 0 Å². The highest BCUT2D eigenvalue weighted by molar-refractivity contribution is 5.78. The number of hydrogen-bond acceptors (Lipinski definition) is 3. The Labute approximate surface area is 124 Å². The minimum absolute atomic E-state index is 0.0299. The zero-order valence-electron chi connectivity index (χ0n) is 12.6. The summed E-state index contributed by atoms with van der Waals surface area (Å²) in [6.07, 6.45) is 2.99. The lowest BCUT2D eigenvalue weighted by Crippen LogP contribution is -2.57. The Morgan fingerprint density at radius 1 is 1.24 bits per heavy atom. The van der Waals surface area contributed by atoms with Crippen LogP contribution in [0.15, 0.2) is 0 Å². The Morgan fingerprint density at radius 2 is 1.95 bits per heavy atom. The molecule has 2 bridgehead atoms. The minimum Gasteiger partial charge on any atom is -0.481 e. The quantitative estimate of drug-likeness (QED) is 0.805. The molecule has 0 radical (unpaired) electrons. The van der Waals surface area contributed by atoms with E-state index in [9.17, 15) is 14.7 Å². The number of urea groups is 1. The van der Waals surface area contributed by atoms with Gasteiger partial charge in [-0.3, -0.25) is 4.79 Å². The van der Waals surface area contributed by atoms with Crippen LogP contribution in [0.1, 0.15) is 33.1 Å². The van der Waals surface area contributed by atoms with Crippen molar-refractivity contribution in [2.24, 2.45) is 17.8 Å². The van der Waals surface area contributed by atoms with Crippen LogP contribution in [0, 0.1) is 17.8 Å². The van der Waals surface area contributed by atoms with Gasteiger partial charge in [-0.25, -0.2) is 4.79 Å². The molecule has 21 heavy (non-hydrogen) atoms. The number of aliphatic carboxylic acids is 1. The summed E-state index contributed by atoms with van der Waals surface area (Å²) in [5, 5.41) is 12.5. The van der Waals surface area contributed by atoms with Crippen molar-refractivity contribution in [1.29, 1.82) is 0 Å². The van der Waals surface area contributed by atoms with Crippen LogP contribution in [0.4, 0.5) is 4.79 Å². The van der Waals surface area contributed by atoms with Gasteiger partial charge in [0.1, 0.15) is 0 Å². The molecule has 3 aliphatic rings. The van der Waals surface area contributed by atoms with Crippen LogP contribution in [0.5, 0.6) is 0 Å². The number of hydrogen-bond donors (Lipinski definition) is 2. The van der Waals surface area contributed by atoms with Crippen molar-refractivity contribution in [2.45, 2.75) is 51.3 Å². The van der Waals surface area contributed by atoms with Gasteiger partial charge >= 0.3 is 12.0 Å². The van der Waals surface area contributed by atoms with E-state index in [1.807, 2.05) is 13.8 Å². The summed E-state index contributed by atoms with van der Waals surface area (Å²) in [4.78, 5) is 25.8. The second-order valence-electron chi connectivity index (χ2n) is 6.82. The van der Waals surface area contributed by atoms with Crippen LogP contribution in [0.25, 0.3) is 0 Å². The highest BCUT2D eigenvalue weighted by atomic mass is 16.5. The number of carbonyl (C=O) groups is 2. The number of amides is 2. The third kappa shape index (κ3) is 2.61. The number of carboxylic acid groups (broad SMARTS) is 1. The first kappa shape index (κ1) is 14.6. The van der Waals surface area contributed by atoms with Crippen LogP contribution in [0.3, 0.4) is 0 Å². The van der Waals surface area contributed by atoms with Crippen molar-refractivity contribution < 1.29 is 19.4 Å². The Morgan fingerprint density at radius 3 is 2.67 bits per heavy atom. The molecular weight excluding hydrogens is 272 g/mol. The lowest BCUT2D eigenvalue weighted by Gasteiger charge is -2.38. The normalized spacial score (nSPS) is 42.1. The predicted molar refractivity (Wildman–Crippen MR) is 75.9 cm³/mol. The zero-order valence-corrected chi connectivity index (χ0v) is 12.6. The van der Waals surface area contributed by atoms with Crippen molar-refractivity contribution in [2.75, 3.05) is 13.2 Å². The Hall–Kier alpha value is -1.30. The van der Waals surface area contributed by atoms with Gasteiger partial charge in [-0.2, -0.15) is 0 Å². The fourth-order valence-electron chi connectivity index (χ4n) is 4.27. The Kier molecular flexibility index (Phi) is 3.82. The van der Waals surface area contributed by atoms with Crippen molar-refractivity contribution in [1.82, 2.24) is 10.2 Å². The largest absolute Gasteiger partial charge is 0.481 e. The predicted octanol–water partition coefficient (Wildman–Crippen LogP) is 1.30. The molecule has 118 valence electrons. The minimum atomic E-state index is -0.768. The van der Waals surface area contributed by atoms with E-state index < -0.39 is 11.9 Å². The van der Waals surface area contributed by atoms with Gasteiger partial charge in [-0.1, -0.05) is 0 Å². The molecule has 1 saturated heterocycles. The summed E-state index contributed by atoms with van der Waals surface area (Å²) in [5.41, 5.74) is 0. The molecule has 6 atom stereocenters. The van der Waals surface area contributed by atoms with Crippen molar-refractivity contribution in [3.8, 4) is 0 Å². The molecule has 6 heteroatoms. The van der Waals surface area contributed by atoms with E-state index >= 15 is 0 Å². The lowest BCUT2D eigenvalue weighted by atomic mass is 9.84. The molecule has 0 aromatic rings. The fourth-order valence-corrected chi connectivity index (χ4v) is 4.27. The van der Waals surface area contributed by atoms with E-state index in [1.165, 1.54) is 0 Å². The average Bonchev–Trinajstić information content (AvgIpc) is 3.02. The fraction of sp³-hybridized carbons (Fsp3) is 0.867. The van der Waals surface area contributed by atoms with Gasteiger partial charge in [0.15, 0.2) is 0 Å². The summed E-state index contributed by atoms with van der Waals surface area (Å²) in [5.74, 6) is -0.620. The molecule has 6 nitrogen and oxygen atoms in total. The van der Waals surface area contributed by atoms with E-state index in [0.29, 0.717) is 19.1 Å². The molecule has 0 aromatic carbocycles. The maximum atomic E-state index is 12.5. The highest BCUT2D eigenvalue weighted by Crippen LogP contribution is 2.48. The van der Waals surface area contributed by atoms with E-state index in [0.717, 1.165) is 19.3 Å². The third-order valence-electron chi connectivity index (χ3n) is 5.36. The van der Waals surface area contributed by atoms with Crippen LogP contribution < -0.4 is 5.32 Å². The smallest absolute Gasteiger partial charge is 0.318 e. The monoisotopic (exact) mass is 296 g/mol. The number of fused-ring (bicyclic) bond motifs is 2. The topological polar surface area (TPSA) is 78.9 Å². The van der Waals surface area contributed by atoms with Crippen molar-refractivity contribution in [3.63, 3.8) is 0 Å². The third-order valence-corrected chi connectivity index (χ3v) is 5.36. The molecule has 2 amide bonds. The van der Waals surface area contributed by atoms with E-state index in [-0.39, 0.29) is 30.1 Å². The number of ether oxygens (including phenoxy) is 1. The number of nitrogens with one attached hydrogen (secondary N) is 1. The van der Waals surface area contributed by atoms with Crippen LogP contribution in [0.2, 0.25) is 0 Å². The first-order chi connectivity index (χ1) is 9.97. The van der Waals surface area contributed by atoms with Gasteiger partial charge < -0.3 is 20.1 Å². The molecule has 2 N–H and O–H groups in total. The maximum Gasteiger partial charge on any atom is 0.318 e. The second kappa shape index (κ2) is 5.48. The molecule has 6 unspecified atom stereocenters. The second-order valence-corrected chi connectivity index (χ2v) is 6.82. The summed E-state index contributed by atoms with van der Waals surface area (Å²) >= 11 is 0. The summed E-state index contributed by atoms with van der Waals surface area (Å²) < 4.78 is 5.53. The number of carboxylic acids is 1. The number of rotatable bonds is 2. The number of morpholine rings is 1. The van der Waals surface area contributed by atoms with Gasteiger partial charge in [0.25, 0.3) is 0 Å². The molecule has 1 heterocycles. The van der Waals surface area contributed by atoms with Gasteiger partial charge in [0.2, 0.25) is 0 Å². The molecule has 2 aliphatic carbocycles. The zero-order chi connectivity index (χ0) is 15.1. The van der Waals surface area contributed by atoms with Gasteiger partial charge in [0, 0.05) is 12.6 Å². The molecule has 0 aromatic heterocycles. The van der Waals surface area contributed by atoms with Crippen molar-refractivity contribution >= 4 is 12.0 Å². The molecule has 0 spiro atoms. The SMILES string of the molecule is CC1CN(C(=O)NC2C3CCC(C3)C2C(=O)O)C(C)CO1. The first-order valence-electron chi connectivity index (χ1n) is 7.89. The molecule has 2 saturated carbocycles. The highest BCUT2D eigenvalue weighted by Gasteiger charge is 2.52. The van der Waals surface area contributed by atoms with Gasteiger partial charge in [-0.15, -0.1) is 0 Å². The summed E-state index contributed by atoms with van der Waals surface area (Å²) in [7, 11) is 0. The van der Waals surface area contributed by atoms with Crippen LogP contribution in [-0.2, 0) is 9.53 Å². The van der Waals surface area contributed by atoms with E-state index in [1.54, 1.807) is 4.90 Å². The average molecular weight is 296 g/mol. The summed E-state index contributed by atoms with van der Waals surface area (Å²) in [6, 6.07) is -0.316. The first-order valence-corrected chi connectivity index (χ1v) is 7.89. The Bertz CT molecular complexity index is 441.